The van der Waals surface area contributed by atoms with Gasteiger partial charge in [-0.25, -0.2) is 4.68 Å². The Kier molecular flexibility index (Phi) is 4.36. The van der Waals surface area contributed by atoms with Crippen molar-refractivity contribution in [3.63, 3.8) is 0 Å². The van der Waals surface area contributed by atoms with Crippen molar-refractivity contribution >= 4 is 0 Å². The lowest BCUT2D eigenvalue weighted by molar-refractivity contribution is 0.338. The number of nitriles is 1. The van der Waals surface area contributed by atoms with E-state index in [4.69, 9.17) is 10.00 Å². The summed E-state index contributed by atoms with van der Waals surface area (Å²) >= 11 is 0. The zero-order valence-electron chi connectivity index (χ0n) is 12.0. The molecule has 1 aromatic heterocycles. The molecule has 0 unspecified atom stereocenters. The molecular formula is C15H18N4O. The van der Waals surface area contributed by atoms with Crippen LogP contribution in [0.2, 0.25) is 0 Å². The molecule has 0 aliphatic heterocycles. The van der Waals surface area contributed by atoms with Gasteiger partial charge in [0.2, 0.25) is 0 Å². The van der Waals surface area contributed by atoms with Crippen LogP contribution in [0, 0.1) is 17.2 Å². The van der Waals surface area contributed by atoms with E-state index < -0.39 is 0 Å². The molecule has 5 heteroatoms. The first kappa shape index (κ1) is 14.1. The Labute approximate surface area is 118 Å². The summed E-state index contributed by atoms with van der Waals surface area (Å²) in [6.45, 7) is 6.73. The summed E-state index contributed by atoms with van der Waals surface area (Å²) < 4.78 is 7.33. The van der Waals surface area contributed by atoms with E-state index in [9.17, 15) is 0 Å². The highest BCUT2D eigenvalue weighted by atomic mass is 16.5. The minimum Gasteiger partial charge on any atom is -0.492 e. The number of para-hydroxylation sites is 2. The van der Waals surface area contributed by atoms with E-state index in [1.165, 1.54) is 0 Å². The Morgan fingerprint density at radius 1 is 1.35 bits per heavy atom. The van der Waals surface area contributed by atoms with E-state index in [1.54, 1.807) is 4.68 Å². The maximum atomic E-state index is 9.17. The van der Waals surface area contributed by atoms with Crippen molar-refractivity contribution in [3.8, 4) is 17.5 Å². The van der Waals surface area contributed by atoms with E-state index in [-0.39, 0.29) is 0 Å². The van der Waals surface area contributed by atoms with Gasteiger partial charge in [0.1, 0.15) is 17.5 Å². The summed E-state index contributed by atoms with van der Waals surface area (Å²) in [7, 11) is 0. The van der Waals surface area contributed by atoms with E-state index in [0.29, 0.717) is 18.2 Å². The highest BCUT2D eigenvalue weighted by Gasteiger charge is 2.17. The van der Waals surface area contributed by atoms with Crippen LogP contribution in [0.15, 0.2) is 24.3 Å². The van der Waals surface area contributed by atoms with Gasteiger partial charge in [0.15, 0.2) is 5.69 Å². The fourth-order valence-electron chi connectivity index (χ4n) is 2.06. The SMILES string of the molecule is CCOc1ccccc1-n1nnc(C#N)c1CC(C)C. The van der Waals surface area contributed by atoms with Gasteiger partial charge >= 0.3 is 0 Å². The molecule has 0 saturated heterocycles. The molecule has 0 radical (unpaired) electrons. The number of hydrogen-bond acceptors (Lipinski definition) is 4. The second-order valence-corrected chi connectivity index (χ2v) is 4.91. The second kappa shape index (κ2) is 6.20. The normalized spacial score (nSPS) is 10.6. The molecule has 0 aliphatic carbocycles. The predicted octanol–water partition coefficient (Wildman–Crippen LogP) is 2.74. The number of ether oxygens (including phenoxy) is 1. The van der Waals surface area contributed by atoms with Gasteiger partial charge in [-0.2, -0.15) is 5.26 Å². The van der Waals surface area contributed by atoms with Gasteiger partial charge in [0, 0.05) is 0 Å². The summed E-state index contributed by atoms with van der Waals surface area (Å²) in [6.07, 6.45) is 0.746. The van der Waals surface area contributed by atoms with Gasteiger partial charge < -0.3 is 4.74 Å². The predicted molar refractivity (Wildman–Crippen MR) is 75.8 cm³/mol. The first-order valence-electron chi connectivity index (χ1n) is 6.74. The fourth-order valence-corrected chi connectivity index (χ4v) is 2.06. The van der Waals surface area contributed by atoms with Gasteiger partial charge in [-0.05, 0) is 31.4 Å². The molecule has 0 saturated carbocycles. The van der Waals surface area contributed by atoms with Gasteiger partial charge in [-0.1, -0.05) is 31.2 Å². The number of nitrogens with zero attached hydrogens (tertiary/aromatic N) is 4. The van der Waals surface area contributed by atoms with E-state index in [1.807, 2.05) is 31.2 Å². The average Bonchev–Trinajstić information content (AvgIpc) is 2.82. The number of rotatable bonds is 5. The van der Waals surface area contributed by atoms with Gasteiger partial charge in [0.25, 0.3) is 0 Å². The molecule has 0 spiro atoms. The molecule has 2 rings (SSSR count). The molecule has 0 fully saturated rings. The van der Waals surface area contributed by atoms with Gasteiger partial charge in [0.05, 0.1) is 12.3 Å². The molecule has 104 valence electrons. The Morgan fingerprint density at radius 3 is 2.75 bits per heavy atom. The molecule has 1 heterocycles. The van der Waals surface area contributed by atoms with Crippen LogP contribution in [0.5, 0.6) is 5.75 Å². The van der Waals surface area contributed by atoms with Crippen LogP contribution < -0.4 is 4.74 Å². The van der Waals surface area contributed by atoms with E-state index in [2.05, 4.69) is 30.2 Å². The summed E-state index contributed by atoms with van der Waals surface area (Å²) in [5.74, 6) is 1.16. The fraction of sp³-hybridized carbons (Fsp3) is 0.400. The Hall–Kier alpha value is -2.35. The third-order valence-electron chi connectivity index (χ3n) is 2.86. The third kappa shape index (κ3) is 2.80. The molecule has 0 aliphatic rings. The van der Waals surface area contributed by atoms with Crippen LogP contribution in [-0.2, 0) is 6.42 Å². The average molecular weight is 270 g/mol. The zero-order chi connectivity index (χ0) is 14.5. The summed E-state index contributed by atoms with van der Waals surface area (Å²) in [5.41, 5.74) is 2.03. The summed E-state index contributed by atoms with van der Waals surface area (Å²) in [5, 5.41) is 17.2. The van der Waals surface area contributed by atoms with E-state index >= 15 is 0 Å². The van der Waals surface area contributed by atoms with Crippen LogP contribution in [0.3, 0.4) is 0 Å². The highest BCUT2D eigenvalue weighted by Crippen LogP contribution is 2.25. The molecule has 5 nitrogen and oxygen atoms in total. The first-order valence-corrected chi connectivity index (χ1v) is 6.74. The van der Waals surface area contributed by atoms with Crippen molar-refractivity contribution in [3.05, 3.63) is 35.7 Å². The van der Waals surface area contributed by atoms with Crippen molar-refractivity contribution in [2.24, 2.45) is 5.92 Å². The van der Waals surface area contributed by atoms with Crippen LogP contribution in [-0.4, -0.2) is 21.6 Å². The monoisotopic (exact) mass is 270 g/mol. The lowest BCUT2D eigenvalue weighted by atomic mass is 10.1. The summed E-state index contributed by atoms with van der Waals surface area (Å²) in [4.78, 5) is 0. The Morgan fingerprint density at radius 2 is 2.10 bits per heavy atom. The Bertz CT molecular complexity index is 625. The maximum absolute atomic E-state index is 9.17. The van der Waals surface area contributed by atoms with Crippen LogP contribution in [0.25, 0.3) is 5.69 Å². The van der Waals surface area contributed by atoms with Crippen molar-refractivity contribution in [1.82, 2.24) is 15.0 Å². The topological polar surface area (TPSA) is 63.7 Å². The first-order chi connectivity index (χ1) is 9.67. The van der Waals surface area contributed by atoms with Crippen LogP contribution >= 0.6 is 0 Å². The number of aromatic nitrogens is 3. The number of benzene rings is 1. The minimum absolute atomic E-state index is 0.380. The highest BCUT2D eigenvalue weighted by molar-refractivity contribution is 5.48. The standard InChI is InChI=1S/C15H18N4O/c1-4-20-15-8-6-5-7-13(15)19-14(9-11(2)3)12(10-16)17-18-19/h5-8,11H,4,9H2,1-3H3. The van der Waals surface area contributed by atoms with Crippen molar-refractivity contribution in [2.75, 3.05) is 6.61 Å². The lowest BCUT2D eigenvalue weighted by Crippen LogP contribution is -2.08. The molecular weight excluding hydrogens is 252 g/mol. The number of hydrogen-bond donors (Lipinski definition) is 0. The molecule has 1 aromatic carbocycles. The van der Waals surface area contributed by atoms with E-state index in [0.717, 1.165) is 23.6 Å². The van der Waals surface area contributed by atoms with Crippen molar-refractivity contribution < 1.29 is 4.74 Å². The van der Waals surface area contributed by atoms with Crippen LogP contribution in [0.4, 0.5) is 0 Å². The smallest absolute Gasteiger partial charge is 0.186 e. The largest absolute Gasteiger partial charge is 0.492 e. The van der Waals surface area contributed by atoms with Gasteiger partial charge in [-0.3, -0.25) is 0 Å². The van der Waals surface area contributed by atoms with Crippen LogP contribution in [0.1, 0.15) is 32.2 Å². The maximum Gasteiger partial charge on any atom is 0.186 e. The molecule has 0 bridgehead atoms. The molecule has 0 amide bonds. The third-order valence-corrected chi connectivity index (χ3v) is 2.86. The quantitative estimate of drug-likeness (QED) is 0.838. The second-order valence-electron chi connectivity index (χ2n) is 4.91. The Balaban J connectivity index is 2.53. The molecule has 2 aromatic rings. The minimum atomic E-state index is 0.380. The van der Waals surface area contributed by atoms with Crippen molar-refractivity contribution in [1.29, 1.82) is 5.26 Å². The molecule has 0 N–H and O–H groups in total. The van der Waals surface area contributed by atoms with Crippen molar-refractivity contribution in [2.45, 2.75) is 27.2 Å². The molecule has 0 atom stereocenters. The lowest BCUT2D eigenvalue weighted by Gasteiger charge is -2.12. The molecule has 20 heavy (non-hydrogen) atoms. The van der Waals surface area contributed by atoms with Gasteiger partial charge in [-0.15, -0.1) is 5.10 Å². The zero-order valence-corrected chi connectivity index (χ0v) is 12.0. The summed E-state index contributed by atoms with van der Waals surface area (Å²) in [6, 6.07) is 9.76.